The molecule has 0 fully saturated rings. The van der Waals surface area contributed by atoms with Gasteiger partial charge in [-0.2, -0.15) is 0 Å². The standard InChI is InChI=1S/C13H21N3O.ClH/c1-2-8-14-10-11-16-13(17)7-6-12-5-3-4-9-15-12;/h3-5,9,14H,2,6-8,10-11H2,1H3,(H,16,17);1H. The molecule has 18 heavy (non-hydrogen) atoms. The van der Waals surface area contributed by atoms with Gasteiger partial charge in [-0.05, 0) is 31.5 Å². The van der Waals surface area contributed by atoms with Gasteiger partial charge in [-0.3, -0.25) is 9.78 Å². The van der Waals surface area contributed by atoms with Crippen LogP contribution in [0.3, 0.4) is 0 Å². The van der Waals surface area contributed by atoms with E-state index < -0.39 is 0 Å². The molecule has 1 aromatic heterocycles. The minimum Gasteiger partial charge on any atom is -0.355 e. The van der Waals surface area contributed by atoms with Crippen LogP contribution in [0, 0.1) is 0 Å². The number of rotatable bonds is 8. The van der Waals surface area contributed by atoms with Crippen molar-refractivity contribution in [3.8, 4) is 0 Å². The highest BCUT2D eigenvalue weighted by molar-refractivity contribution is 5.85. The molecule has 0 saturated carbocycles. The molecule has 0 spiro atoms. The molecule has 0 atom stereocenters. The maximum absolute atomic E-state index is 11.5. The van der Waals surface area contributed by atoms with E-state index in [1.807, 2.05) is 18.2 Å². The molecule has 0 unspecified atom stereocenters. The summed E-state index contributed by atoms with van der Waals surface area (Å²) in [6.07, 6.45) is 4.08. The van der Waals surface area contributed by atoms with Gasteiger partial charge in [0.05, 0.1) is 0 Å². The molecule has 1 heterocycles. The Balaban J connectivity index is 0.00000289. The van der Waals surface area contributed by atoms with Gasteiger partial charge in [0.15, 0.2) is 0 Å². The fraction of sp³-hybridized carbons (Fsp3) is 0.538. The lowest BCUT2D eigenvalue weighted by molar-refractivity contribution is -0.121. The normalized spacial score (nSPS) is 9.61. The maximum Gasteiger partial charge on any atom is 0.220 e. The molecule has 1 amide bonds. The third kappa shape index (κ3) is 8.03. The third-order valence-corrected chi connectivity index (χ3v) is 2.39. The van der Waals surface area contributed by atoms with E-state index in [2.05, 4.69) is 22.5 Å². The minimum absolute atomic E-state index is 0. The third-order valence-electron chi connectivity index (χ3n) is 2.39. The van der Waals surface area contributed by atoms with Gasteiger partial charge < -0.3 is 10.6 Å². The molecule has 0 aliphatic rings. The predicted octanol–water partition coefficient (Wildman–Crippen LogP) is 1.55. The first-order chi connectivity index (χ1) is 8.33. The Labute approximate surface area is 115 Å². The SMILES string of the molecule is CCCNCCNC(=O)CCc1ccccn1.Cl. The van der Waals surface area contributed by atoms with Crippen molar-refractivity contribution in [1.29, 1.82) is 0 Å². The summed E-state index contributed by atoms with van der Waals surface area (Å²) in [5.74, 6) is 0.0916. The number of nitrogens with one attached hydrogen (secondary N) is 2. The summed E-state index contributed by atoms with van der Waals surface area (Å²) in [7, 11) is 0. The van der Waals surface area contributed by atoms with Gasteiger partial charge >= 0.3 is 0 Å². The highest BCUT2D eigenvalue weighted by atomic mass is 35.5. The van der Waals surface area contributed by atoms with Crippen molar-refractivity contribution in [3.63, 3.8) is 0 Å². The van der Waals surface area contributed by atoms with Gasteiger partial charge in [-0.25, -0.2) is 0 Å². The molecule has 0 aliphatic carbocycles. The molecule has 0 aromatic carbocycles. The number of hydrogen-bond acceptors (Lipinski definition) is 3. The van der Waals surface area contributed by atoms with Crippen molar-refractivity contribution < 1.29 is 4.79 Å². The highest BCUT2D eigenvalue weighted by Gasteiger charge is 2.01. The monoisotopic (exact) mass is 271 g/mol. The number of carbonyl (C=O) groups excluding carboxylic acids is 1. The van der Waals surface area contributed by atoms with Crippen LogP contribution in [0.1, 0.15) is 25.5 Å². The summed E-state index contributed by atoms with van der Waals surface area (Å²) < 4.78 is 0. The Morgan fingerprint density at radius 3 is 2.78 bits per heavy atom. The lowest BCUT2D eigenvalue weighted by atomic mass is 10.2. The Hall–Kier alpha value is -1.13. The molecule has 2 N–H and O–H groups in total. The topological polar surface area (TPSA) is 54.0 Å². The number of halogens is 1. The Kier molecular flexibility index (Phi) is 10.3. The van der Waals surface area contributed by atoms with E-state index >= 15 is 0 Å². The Bertz CT molecular complexity index is 319. The van der Waals surface area contributed by atoms with E-state index in [1.165, 1.54) is 0 Å². The minimum atomic E-state index is 0. The molecule has 0 saturated heterocycles. The quantitative estimate of drug-likeness (QED) is 0.706. The summed E-state index contributed by atoms with van der Waals surface area (Å²) in [6, 6.07) is 5.76. The van der Waals surface area contributed by atoms with Crippen LogP contribution in [0.15, 0.2) is 24.4 Å². The first kappa shape index (κ1) is 16.9. The van der Waals surface area contributed by atoms with Crippen molar-refractivity contribution in [3.05, 3.63) is 30.1 Å². The second-order valence-corrected chi connectivity index (χ2v) is 3.92. The lowest BCUT2D eigenvalue weighted by Gasteiger charge is -2.05. The van der Waals surface area contributed by atoms with Crippen molar-refractivity contribution in [2.24, 2.45) is 0 Å². The van der Waals surface area contributed by atoms with Crippen molar-refractivity contribution in [2.75, 3.05) is 19.6 Å². The van der Waals surface area contributed by atoms with Gasteiger partial charge in [0.1, 0.15) is 0 Å². The summed E-state index contributed by atoms with van der Waals surface area (Å²) in [5, 5.41) is 6.12. The van der Waals surface area contributed by atoms with E-state index in [4.69, 9.17) is 0 Å². The van der Waals surface area contributed by atoms with Gasteiger partial charge in [0.25, 0.3) is 0 Å². The van der Waals surface area contributed by atoms with Crippen LogP contribution in [0.4, 0.5) is 0 Å². The van der Waals surface area contributed by atoms with E-state index in [-0.39, 0.29) is 18.3 Å². The van der Waals surface area contributed by atoms with Gasteiger partial charge in [-0.15, -0.1) is 12.4 Å². The zero-order valence-electron chi connectivity index (χ0n) is 10.8. The van der Waals surface area contributed by atoms with Gasteiger partial charge in [-0.1, -0.05) is 13.0 Å². The average Bonchev–Trinajstić information content (AvgIpc) is 2.37. The number of aryl methyl sites for hydroxylation is 1. The van der Waals surface area contributed by atoms with Crippen LogP contribution in [0.25, 0.3) is 0 Å². The summed E-state index contributed by atoms with van der Waals surface area (Å²) in [4.78, 5) is 15.7. The molecule has 102 valence electrons. The first-order valence-electron chi connectivity index (χ1n) is 6.20. The molecule has 0 radical (unpaired) electrons. The number of pyridine rings is 1. The molecule has 5 heteroatoms. The van der Waals surface area contributed by atoms with Gasteiger partial charge in [0.2, 0.25) is 5.91 Å². The molecule has 1 aromatic rings. The number of amides is 1. The maximum atomic E-state index is 11.5. The number of hydrogen-bond donors (Lipinski definition) is 2. The van der Waals surface area contributed by atoms with Crippen molar-refractivity contribution in [2.45, 2.75) is 26.2 Å². The van der Waals surface area contributed by atoms with Crippen LogP contribution < -0.4 is 10.6 Å². The summed E-state index contributed by atoms with van der Waals surface area (Å²) in [5.41, 5.74) is 0.965. The summed E-state index contributed by atoms with van der Waals surface area (Å²) >= 11 is 0. The van der Waals surface area contributed by atoms with Crippen LogP contribution in [-0.2, 0) is 11.2 Å². The number of nitrogens with zero attached hydrogens (tertiary/aromatic N) is 1. The van der Waals surface area contributed by atoms with E-state index in [0.717, 1.165) is 25.2 Å². The molecule has 0 aliphatic heterocycles. The van der Waals surface area contributed by atoms with E-state index in [0.29, 0.717) is 19.4 Å². The molecular weight excluding hydrogens is 250 g/mol. The first-order valence-corrected chi connectivity index (χ1v) is 6.20. The highest BCUT2D eigenvalue weighted by Crippen LogP contribution is 1.97. The zero-order valence-corrected chi connectivity index (χ0v) is 11.6. The van der Waals surface area contributed by atoms with E-state index in [1.54, 1.807) is 6.20 Å². The Morgan fingerprint density at radius 1 is 1.28 bits per heavy atom. The van der Waals surface area contributed by atoms with Crippen LogP contribution in [0.2, 0.25) is 0 Å². The van der Waals surface area contributed by atoms with Crippen LogP contribution >= 0.6 is 12.4 Å². The zero-order chi connectivity index (χ0) is 12.3. The van der Waals surface area contributed by atoms with Crippen molar-refractivity contribution in [1.82, 2.24) is 15.6 Å². The lowest BCUT2D eigenvalue weighted by Crippen LogP contribution is -2.32. The predicted molar refractivity (Wildman–Crippen MR) is 76.0 cm³/mol. The second-order valence-electron chi connectivity index (χ2n) is 3.92. The largest absolute Gasteiger partial charge is 0.355 e. The van der Waals surface area contributed by atoms with Crippen molar-refractivity contribution >= 4 is 18.3 Å². The fourth-order valence-corrected chi connectivity index (χ4v) is 1.47. The Morgan fingerprint density at radius 2 is 2.11 bits per heavy atom. The second kappa shape index (κ2) is 11.0. The number of aromatic nitrogens is 1. The molecule has 4 nitrogen and oxygen atoms in total. The average molecular weight is 272 g/mol. The molecule has 1 rings (SSSR count). The smallest absolute Gasteiger partial charge is 0.220 e. The van der Waals surface area contributed by atoms with Gasteiger partial charge in [0, 0.05) is 31.4 Å². The summed E-state index contributed by atoms with van der Waals surface area (Å²) in [6.45, 7) is 4.66. The fourth-order valence-electron chi connectivity index (χ4n) is 1.47. The molecular formula is C13H22ClN3O. The van der Waals surface area contributed by atoms with E-state index in [9.17, 15) is 4.79 Å². The van der Waals surface area contributed by atoms with Crippen LogP contribution in [0.5, 0.6) is 0 Å². The number of carbonyl (C=O) groups is 1. The van der Waals surface area contributed by atoms with Crippen LogP contribution in [-0.4, -0.2) is 30.5 Å². The molecule has 0 bridgehead atoms.